The third-order valence-electron chi connectivity index (χ3n) is 3.80. The predicted octanol–water partition coefficient (Wildman–Crippen LogP) is 3.38. The number of ether oxygens (including phenoxy) is 2. The molecular weight excluding hydrogens is 252 g/mol. The van der Waals surface area contributed by atoms with Gasteiger partial charge in [-0.15, -0.1) is 0 Å². The second kappa shape index (κ2) is 7.25. The Hall–Kier alpha value is -1.61. The Balaban J connectivity index is 1.63. The Kier molecular flexibility index (Phi) is 5.36. The fraction of sp³-hybridized carbons (Fsp3) is 0.471. The number of rotatable bonds is 7. The van der Waals surface area contributed by atoms with Crippen LogP contribution >= 0.6 is 0 Å². The first kappa shape index (κ1) is 14.8. The Morgan fingerprint density at radius 3 is 2.55 bits per heavy atom. The molecule has 1 aliphatic rings. The molecule has 0 aromatic heterocycles. The van der Waals surface area contributed by atoms with Crippen LogP contribution in [0.2, 0.25) is 0 Å². The van der Waals surface area contributed by atoms with Crippen LogP contribution in [0.4, 0.5) is 0 Å². The summed E-state index contributed by atoms with van der Waals surface area (Å²) in [5.74, 6) is 1.67. The summed E-state index contributed by atoms with van der Waals surface area (Å²) in [6, 6.07) is 7.88. The van der Waals surface area contributed by atoms with Crippen LogP contribution in [0.1, 0.15) is 25.3 Å². The van der Waals surface area contributed by atoms with E-state index in [4.69, 9.17) is 9.47 Å². The van der Waals surface area contributed by atoms with Crippen molar-refractivity contribution in [3.8, 4) is 5.75 Å². The molecule has 108 valence electrons. The van der Waals surface area contributed by atoms with Crippen LogP contribution in [0.15, 0.2) is 36.4 Å². The van der Waals surface area contributed by atoms with Crippen molar-refractivity contribution in [3.63, 3.8) is 0 Å². The molecule has 0 aliphatic heterocycles. The van der Waals surface area contributed by atoms with Crippen molar-refractivity contribution in [2.75, 3.05) is 13.7 Å². The molecule has 3 heteroatoms. The molecule has 1 aliphatic carbocycles. The molecule has 0 radical (unpaired) electrons. The molecule has 0 amide bonds. The number of carbonyl (C=O) groups excluding carboxylic acids is 1. The van der Waals surface area contributed by atoms with Gasteiger partial charge in [-0.3, -0.25) is 4.79 Å². The third-order valence-corrected chi connectivity index (χ3v) is 3.80. The molecule has 0 fully saturated rings. The van der Waals surface area contributed by atoms with E-state index in [-0.39, 0.29) is 11.7 Å². The molecule has 0 spiro atoms. The molecule has 20 heavy (non-hydrogen) atoms. The summed E-state index contributed by atoms with van der Waals surface area (Å²) >= 11 is 0. The fourth-order valence-electron chi connectivity index (χ4n) is 2.49. The molecule has 0 saturated heterocycles. The van der Waals surface area contributed by atoms with Gasteiger partial charge in [0.25, 0.3) is 0 Å². The van der Waals surface area contributed by atoms with Crippen LogP contribution in [0.25, 0.3) is 0 Å². The second-order valence-electron chi connectivity index (χ2n) is 5.27. The zero-order valence-corrected chi connectivity index (χ0v) is 12.2. The quantitative estimate of drug-likeness (QED) is 0.715. The highest BCUT2D eigenvalue weighted by molar-refractivity contribution is 5.94. The number of benzene rings is 1. The van der Waals surface area contributed by atoms with Crippen molar-refractivity contribution >= 4 is 5.78 Å². The van der Waals surface area contributed by atoms with E-state index in [1.165, 1.54) is 0 Å². The maximum absolute atomic E-state index is 11.6. The van der Waals surface area contributed by atoms with Gasteiger partial charge in [0.1, 0.15) is 5.75 Å². The minimum Gasteiger partial charge on any atom is -0.497 e. The summed E-state index contributed by atoms with van der Waals surface area (Å²) < 4.78 is 10.8. The first-order valence-electron chi connectivity index (χ1n) is 7.13. The van der Waals surface area contributed by atoms with Gasteiger partial charge < -0.3 is 9.47 Å². The second-order valence-corrected chi connectivity index (χ2v) is 5.27. The lowest BCUT2D eigenvalue weighted by atomic mass is 9.92. The van der Waals surface area contributed by atoms with Gasteiger partial charge >= 0.3 is 0 Å². The smallest absolute Gasteiger partial charge is 0.159 e. The van der Waals surface area contributed by atoms with E-state index >= 15 is 0 Å². The normalized spacial score (nSPS) is 21.4. The largest absolute Gasteiger partial charge is 0.497 e. The van der Waals surface area contributed by atoms with E-state index in [0.29, 0.717) is 19.1 Å². The zero-order chi connectivity index (χ0) is 14.4. The van der Waals surface area contributed by atoms with E-state index in [9.17, 15) is 4.79 Å². The Morgan fingerprint density at radius 1 is 1.20 bits per heavy atom. The topological polar surface area (TPSA) is 35.5 Å². The lowest BCUT2D eigenvalue weighted by Crippen LogP contribution is -2.14. The van der Waals surface area contributed by atoms with Crippen molar-refractivity contribution < 1.29 is 14.3 Å². The number of hydrogen-bond donors (Lipinski definition) is 0. The molecule has 0 N–H and O–H groups in total. The Morgan fingerprint density at radius 2 is 1.95 bits per heavy atom. The first-order valence-corrected chi connectivity index (χ1v) is 7.13. The minimum absolute atomic E-state index is 0.166. The lowest BCUT2D eigenvalue weighted by molar-refractivity contribution is -0.118. The summed E-state index contributed by atoms with van der Waals surface area (Å²) in [6.07, 6.45) is 5.56. The van der Waals surface area contributed by atoms with Gasteiger partial charge in [-0.05, 0) is 42.5 Å². The van der Waals surface area contributed by atoms with Crippen molar-refractivity contribution in [1.29, 1.82) is 0 Å². The molecule has 2 atom stereocenters. The average Bonchev–Trinajstić information content (AvgIpc) is 2.79. The SMILES string of the molecule is COc1ccc(COCCC[C@@H]2C(=O)C=C[C@@H]2C)cc1. The highest BCUT2D eigenvalue weighted by Gasteiger charge is 2.25. The summed E-state index contributed by atoms with van der Waals surface area (Å²) in [4.78, 5) is 11.6. The highest BCUT2D eigenvalue weighted by atomic mass is 16.5. The monoisotopic (exact) mass is 274 g/mol. The average molecular weight is 274 g/mol. The van der Waals surface area contributed by atoms with Gasteiger partial charge in [0.05, 0.1) is 13.7 Å². The molecule has 0 heterocycles. The summed E-state index contributed by atoms with van der Waals surface area (Å²) in [5.41, 5.74) is 1.14. The molecular formula is C17H22O3. The standard InChI is InChI=1S/C17H22O3/c1-13-5-10-17(18)16(13)4-3-11-20-12-14-6-8-15(19-2)9-7-14/h5-10,13,16H,3-4,11-12H2,1-2H3/t13-,16-/m0/s1. The molecule has 0 bridgehead atoms. The van der Waals surface area contributed by atoms with E-state index < -0.39 is 0 Å². The Bertz CT molecular complexity index is 462. The molecule has 3 nitrogen and oxygen atoms in total. The van der Waals surface area contributed by atoms with Gasteiger partial charge in [0.2, 0.25) is 0 Å². The van der Waals surface area contributed by atoms with Crippen LogP contribution in [-0.2, 0) is 16.1 Å². The third kappa shape index (κ3) is 3.94. The van der Waals surface area contributed by atoms with E-state index in [0.717, 1.165) is 24.2 Å². The van der Waals surface area contributed by atoms with Gasteiger partial charge in [-0.25, -0.2) is 0 Å². The summed E-state index contributed by atoms with van der Waals surface area (Å²) in [5, 5.41) is 0. The van der Waals surface area contributed by atoms with Crippen molar-refractivity contribution in [3.05, 3.63) is 42.0 Å². The number of hydrogen-bond acceptors (Lipinski definition) is 3. The highest BCUT2D eigenvalue weighted by Crippen LogP contribution is 2.25. The van der Waals surface area contributed by atoms with E-state index in [2.05, 4.69) is 6.92 Å². The fourth-order valence-corrected chi connectivity index (χ4v) is 2.49. The molecule has 0 saturated carbocycles. The predicted molar refractivity (Wildman–Crippen MR) is 78.7 cm³/mol. The van der Waals surface area contributed by atoms with Gasteiger partial charge in [-0.1, -0.05) is 25.1 Å². The molecule has 2 rings (SSSR count). The number of allylic oxidation sites excluding steroid dienone is 2. The van der Waals surface area contributed by atoms with Crippen LogP contribution in [-0.4, -0.2) is 19.5 Å². The maximum Gasteiger partial charge on any atom is 0.159 e. The minimum atomic E-state index is 0.166. The van der Waals surface area contributed by atoms with E-state index in [1.807, 2.05) is 30.3 Å². The number of ketones is 1. The van der Waals surface area contributed by atoms with Crippen LogP contribution in [0, 0.1) is 11.8 Å². The summed E-state index contributed by atoms with van der Waals surface area (Å²) in [6.45, 7) is 3.41. The molecule has 0 unspecified atom stereocenters. The lowest BCUT2D eigenvalue weighted by Gasteiger charge is -2.13. The number of methoxy groups -OCH3 is 1. The molecule has 1 aromatic carbocycles. The first-order chi connectivity index (χ1) is 9.70. The zero-order valence-electron chi connectivity index (χ0n) is 12.2. The van der Waals surface area contributed by atoms with Gasteiger partial charge in [-0.2, -0.15) is 0 Å². The van der Waals surface area contributed by atoms with Crippen LogP contribution < -0.4 is 4.74 Å². The number of carbonyl (C=O) groups is 1. The van der Waals surface area contributed by atoms with Crippen molar-refractivity contribution in [2.24, 2.45) is 11.8 Å². The Labute approximate surface area is 120 Å². The van der Waals surface area contributed by atoms with E-state index in [1.54, 1.807) is 13.2 Å². The van der Waals surface area contributed by atoms with Crippen LogP contribution in [0.3, 0.4) is 0 Å². The van der Waals surface area contributed by atoms with Gasteiger partial charge in [0.15, 0.2) is 5.78 Å². The maximum atomic E-state index is 11.6. The van der Waals surface area contributed by atoms with Gasteiger partial charge in [0, 0.05) is 12.5 Å². The molecule has 1 aromatic rings. The van der Waals surface area contributed by atoms with Crippen molar-refractivity contribution in [2.45, 2.75) is 26.4 Å². The van der Waals surface area contributed by atoms with Crippen molar-refractivity contribution in [1.82, 2.24) is 0 Å². The summed E-state index contributed by atoms with van der Waals surface area (Å²) in [7, 11) is 1.66. The van der Waals surface area contributed by atoms with Crippen LogP contribution in [0.5, 0.6) is 5.75 Å².